The van der Waals surface area contributed by atoms with Gasteiger partial charge in [0.2, 0.25) is 0 Å². The predicted molar refractivity (Wildman–Crippen MR) is 120 cm³/mol. The lowest BCUT2D eigenvalue weighted by molar-refractivity contribution is 0.115. The summed E-state index contributed by atoms with van der Waals surface area (Å²) in [5.41, 5.74) is 1.80. The summed E-state index contributed by atoms with van der Waals surface area (Å²) in [6.45, 7) is 2.08. The maximum Gasteiger partial charge on any atom is 0.145 e. The van der Waals surface area contributed by atoms with Crippen molar-refractivity contribution in [1.82, 2.24) is 14.9 Å². The van der Waals surface area contributed by atoms with Crippen LogP contribution in [0.2, 0.25) is 0 Å². The number of halogens is 1. The van der Waals surface area contributed by atoms with Gasteiger partial charge in [0.05, 0.1) is 23.7 Å². The van der Waals surface area contributed by atoms with Crippen LogP contribution in [-0.4, -0.2) is 48.2 Å². The van der Waals surface area contributed by atoms with E-state index in [1.54, 1.807) is 13.4 Å². The van der Waals surface area contributed by atoms with Crippen molar-refractivity contribution in [2.75, 3.05) is 32.6 Å². The fourth-order valence-corrected chi connectivity index (χ4v) is 3.93. The second-order valence-electron chi connectivity index (χ2n) is 6.97. The van der Waals surface area contributed by atoms with Crippen molar-refractivity contribution in [3.63, 3.8) is 0 Å². The number of fused-ring (bicyclic) bond motifs is 1. The van der Waals surface area contributed by atoms with Crippen molar-refractivity contribution >= 4 is 45.0 Å². The second-order valence-corrected chi connectivity index (χ2v) is 8.13. The summed E-state index contributed by atoms with van der Waals surface area (Å²) >= 11 is 2.32. The Bertz CT molecular complexity index is 974. The Balaban J connectivity index is 1.75. The van der Waals surface area contributed by atoms with Crippen LogP contribution in [0.5, 0.6) is 11.5 Å². The molecule has 0 radical (unpaired) electrons. The Kier molecular flexibility index (Phi) is 5.82. The standard InChI is InChI=1S/C21H23IN4O2/c1-26-9-7-14(8-10-26)28-19-12-15(27-2)11-18-20(19)21(24-13-23-18)25-17-6-4-3-5-16(17)22/h3-6,11-14H,7-10H2,1-2H3,(H,23,24,25). The van der Waals surface area contributed by atoms with E-state index >= 15 is 0 Å². The molecule has 7 heteroatoms. The normalized spacial score (nSPS) is 15.5. The van der Waals surface area contributed by atoms with Crippen LogP contribution in [-0.2, 0) is 0 Å². The van der Waals surface area contributed by atoms with Crippen molar-refractivity contribution in [3.8, 4) is 11.5 Å². The highest BCUT2D eigenvalue weighted by atomic mass is 127. The lowest BCUT2D eigenvalue weighted by Gasteiger charge is -2.29. The van der Waals surface area contributed by atoms with Crippen LogP contribution < -0.4 is 14.8 Å². The van der Waals surface area contributed by atoms with E-state index in [4.69, 9.17) is 9.47 Å². The van der Waals surface area contributed by atoms with Crippen molar-refractivity contribution in [2.24, 2.45) is 0 Å². The minimum Gasteiger partial charge on any atom is -0.497 e. The first kappa shape index (κ1) is 19.2. The third-order valence-corrected chi connectivity index (χ3v) is 5.94. The maximum atomic E-state index is 6.44. The number of benzene rings is 2. The Morgan fingerprint density at radius 1 is 1.14 bits per heavy atom. The van der Waals surface area contributed by atoms with Crippen LogP contribution in [0.25, 0.3) is 10.9 Å². The zero-order chi connectivity index (χ0) is 19.5. The Morgan fingerprint density at radius 3 is 2.68 bits per heavy atom. The molecule has 0 saturated carbocycles. The monoisotopic (exact) mass is 490 g/mol. The van der Waals surface area contributed by atoms with Gasteiger partial charge < -0.3 is 19.7 Å². The number of likely N-dealkylation sites (tertiary alicyclic amines) is 1. The molecule has 0 spiro atoms. The Labute approximate surface area is 178 Å². The minimum absolute atomic E-state index is 0.177. The van der Waals surface area contributed by atoms with Gasteiger partial charge in [-0.25, -0.2) is 9.97 Å². The van der Waals surface area contributed by atoms with E-state index in [9.17, 15) is 0 Å². The average molecular weight is 490 g/mol. The van der Waals surface area contributed by atoms with Gasteiger partial charge in [-0.05, 0) is 54.6 Å². The average Bonchev–Trinajstić information content (AvgIpc) is 2.71. The number of hydrogen-bond donors (Lipinski definition) is 1. The second kappa shape index (κ2) is 8.48. The van der Waals surface area contributed by atoms with E-state index in [2.05, 4.69) is 55.9 Å². The zero-order valence-corrected chi connectivity index (χ0v) is 18.1. The molecule has 4 rings (SSSR count). The number of aromatic nitrogens is 2. The van der Waals surface area contributed by atoms with Gasteiger partial charge in [0.25, 0.3) is 0 Å². The van der Waals surface area contributed by atoms with Gasteiger partial charge >= 0.3 is 0 Å². The predicted octanol–water partition coefficient (Wildman–Crippen LogP) is 4.46. The molecule has 0 amide bonds. The fourth-order valence-electron chi connectivity index (χ4n) is 3.41. The van der Waals surface area contributed by atoms with E-state index in [1.807, 2.05) is 30.3 Å². The molecule has 1 fully saturated rings. The van der Waals surface area contributed by atoms with E-state index in [0.717, 1.165) is 63.4 Å². The summed E-state index contributed by atoms with van der Waals surface area (Å²) in [6.07, 6.45) is 3.75. The first-order valence-electron chi connectivity index (χ1n) is 9.33. The molecule has 2 heterocycles. The van der Waals surface area contributed by atoms with E-state index in [-0.39, 0.29) is 6.10 Å². The molecule has 6 nitrogen and oxygen atoms in total. The van der Waals surface area contributed by atoms with Gasteiger partial charge in [0, 0.05) is 28.8 Å². The van der Waals surface area contributed by atoms with Crippen LogP contribution in [0.1, 0.15) is 12.8 Å². The van der Waals surface area contributed by atoms with E-state index in [1.165, 1.54) is 0 Å². The highest BCUT2D eigenvalue weighted by molar-refractivity contribution is 14.1. The van der Waals surface area contributed by atoms with Crippen LogP contribution in [0.4, 0.5) is 11.5 Å². The summed E-state index contributed by atoms with van der Waals surface area (Å²) in [5, 5.41) is 4.33. The summed E-state index contributed by atoms with van der Waals surface area (Å²) in [5.74, 6) is 2.23. The highest BCUT2D eigenvalue weighted by Crippen LogP contribution is 2.37. The smallest absolute Gasteiger partial charge is 0.145 e. The van der Waals surface area contributed by atoms with Crippen LogP contribution in [0.15, 0.2) is 42.7 Å². The van der Waals surface area contributed by atoms with Gasteiger partial charge in [-0.2, -0.15) is 0 Å². The largest absolute Gasteiger partial charge is 0.497 e. The number of anilines is 2. The highest BCUT2D eigenvalue weighted by Gasteiger charge is 2.21. The number of nitrogens with zero attached hydrogens (tertiary/aromatic N) is 3. The lowest BCUT2D eigenvalue weighted by atomic mass is 10.1. The molecule has 0 aliphatic carbocycles. The first-order chi connectivity index (χ1) is 13.6. The molecular formula is C21H23IN4O2. The third kappa shape index (κ3) is 4.15. The molecule has 1 aliphatic rings. The molecule has 1 aromatic heterocycles. The van der Waals surface area contributed by atoms with Gasteiger partial charge in [0.1, 0.15) is 29.7 Å². The molecule has 28 heavy (non-hydrogen) atoms. The van der Waals surface area contributed by atoms with Crippen LogP contribution in [0, 0.1) is 3.57 Å². The summed E-state index contributed by atoms with van der Waals surface area (Å²) in [7, 11) is 3.81. The quantitative estimate of drug-likeness (QED) is 0.534. The van der Waals surface area contributed by atoms with Crippen LogP contribution in [0.3, 0.4) is 0 Å². The first-order valence-corrected chi connectivity index (χ1v) is 10.4. The van der Waals surface area contributed by atoms with Gasteiger partial charge in [-0.3, -0.25) is 0 Å². The fraction of sp³-hybridized carbons (Fsp3) is 0.333. The third-order valence-electron chi connectivity index (χ3n) is 5.00. The molecule has 1 saturated heterocycles. The number of nitrogens with one attached hydrogen (secondary N) is 1. The van der Waals surface area contributed by atoms with Crippen molar-refractivity contribution < 1.29 is 9.47 Å². The Hall–Kier alpha value is -2.13. The zero-order valence-electron chi connectivity index (χ0n) is 16.0. The minimum atomic E-state index is 0.177. The molecule has 1 aliphatic heterocycles. The molecule has 146 valence electrons. The molecular weight excluding hydrogens is 467 g/mol. The summed E-state index contributed by atoms with van der Waals surface area (Å²) in [6, 6.07) is 12.0. The maximum absolute atomic E-state index is 6.44. The van der Waals surface area contributed by atoms with E-state index in [0.29, 0.717) is 0 Å². The van der Waals surface area contributed by atoms with Gasteiger partial charge in [-0.15, -0.1) is 0 Å². The number of methoxy groups -OCH3 is 1. The molecule has 2 aromatic carbocycles. The molecule has 3 aromatic rings. The van der Waals surface area contributed by atoms with Crippen molar-refractivity contribution in [3.05, 3.63) is 46.3 Å². The number of rotatable bonds is 5. The molecule has 0 bridgehead atoms. The lowest BCUT2D eigenvalue weighted by Crippen LogP contribution is -2.35. The Morgan fingerprint density at radius 2 is 1.93 bits per heavy atom. The topological polar surface area (TPSA) is 59.5 Å². The van der Waals surface area contributed by atoms with E-state index < -0.39 is 0 Å². The number of piperidine rings is 1. The van der Waals surface area contributed by atoms with Crippen LogP contribution >= 0.6 is 22.6 Å². The summed E-state index contributed by atoms with van der Waals surface area (Å²) in [4.78, 5) is 11.3. The number of para-hydroxylation sites is 1. The number of hydrogen-bond acceptors (Lipinski definition) is 6. The molecule has 0 unspecified atom stereocenters. The summed E-state index contributed by atoms with van der Waals surface area (Å²) < 4.78 is 13.0. The van der Waals surface area contributed by atoms with Crippen molar-refractivity contribution in [2.45, 2.75) is 18.9 Å². The van der Waals surface area contributed by atoms with Crippen molar-refractivity contribution in [1.29, 1.82) is 0 Å². The molecule has 0 atom stereocenters. The SMILES string of the molecule is COc1cc(OC2CCN(C)CC2)c2c(Nc3ccccc3I)ncnc2c1. The number of ether oxygens (including phenoxy) is 2. The molecule has 1 N–H and O–H groups in total. The van der Waals surface area contributed by atoms with Gasteiger partial charge in [-0.1, -0.05) is 12.1 Å². The van der Waals surface area contributed by atoms with Gasteiger partial charge in [0.15, 0.2) is 0 Å².